The Balaban J connectivity index is 1.59. The van der Waals surface area contributed by atoms with Gasteiger partial charge in [-0.3, -0.25) is 4.79 Å². The van der Waals surface area contributed by atoms with Crippen molar-refractivity contribution in [1.29, 1.82) is 0 Å². The third-order valence-electron chi connectivity index (χ3n) is 3.50. The summed E-state index contributed by atoms with van der Waals surface area (Å²) in [7, 11) is 1.62. The van der Waals surface area contributed by atoms with E-state index < -0.39 is 0 Å². The molecule has 0 aliphatic heterocycles. The topological polar surface area (TPSA) is 64.1 Å². The molecule has 0 spiro atoms. The number of carbonyl (C=O) groups is 1. The zero-order valence-corrected chi connectivity index (χ0v) is 15.6. The molecule has 1 heterocycles. The molecule has 3 aromatic rings. The van der Waals surface area contributed by atoms with Gasteiger partial charge in [0, 0.05) is 16.3 Å². The fourth-order valence-corrected chi connectivity index (χ4v) is 3.01. The van der Waals surface area contributed by atoms with Crippen molar-refractivity contribution < 1.29 is 9.53 Å². The molecule has 1 N–H and O–H groups in total. The molecule has 7 heteroatoms. The molecule has 0 atom stereocenters. The third-order valence-corrected chi connectivity index (χ3v) is 4.67. The minimum absolute atomic E-state index is 0.118. The smallest absolute Gasteiger partial charge is 0.234 e. The molecular weight excluding hydrogens is 370 g/mol. The number of rotatable bonds is 6. The van der Waals surface area contributed by atoms with Crippen molar-refractivity contribution in [2.75, 3.05) is 18.2 Å². The van der Waals surface area contributed by atoms with E-state index in [0.29, 0.717) is 15.7 Å². The molecule has 0 bridgehead atoms. The van der Waals surface area contributed by atoms with Crippen molar-refractivity contribution >= 4 is 35.0 Å². The molecule has 132 valence electrons. The monoisotopic (exact) mass is 385 g/mol. The van der Waals surface area contributed by atoms with Gasteiger partial charge < -0.3 is 10.1 Å². The maximum atomic E-state index is 12.0. The van der Waals surface area contributed by atoms with Crippen LogP contribution in [0.5, 0.6) is 5.75 Å². The summed E-state index contributed by atoms with van der Waals surface area (Å²) in [5, 5.41) is 12.5. The summed E-state index contributed by atoms with van der Waals surface area (Å²) in [6, 6.07) is 18.3. The van der Waals surface area contributed by atoms with Crippen molar-refractivity contribution in [2.45, 2.75) is 5.03 Å². The Morgan fingerprint density at radius 2 is 1.85 bits per heavy atom. The van der Waals surface area contributed by atoms with E-state index in [4.69, 9.17) is 16.3 Å². The number of nitrogens with one attached hydrogen (secondary N) is 1. The predicted molar refractivity (Wildman–Crippen MR) is 105 cm³/mol. The lowest BCUT2D eigenvalue weighted by Gasteiger charge is -2.07. The Hall–Kier alpha value is -2.57. The van der Waals surface area contributed by atoms with Crippen LogP contribution in [0.25, 0.3) is 11.3 Å². The predicted octanol–water partition coefficient (Wildman–Crippen LogP) is 4.54. The van der Waals surface area contributed by atoms with Gasteiger partial charge >= 0.3 is 0 Å². The summed E-state index contributed by atoms with van der Waals surface area (Å²) in [6.07, 6.45) is 0. The van der Waals surface area contributed by atoms with Gasteiger partial charge in [0.25, 0.3) is 0 Å². The first kappa shape index (κ1) is 18.2. The summed E-state index contributed by atoms with van der Waals surface area (Å²) >= 11 is 7.15. The second-order valence-electron chi connectivity index (χ2n) is 5.30. The van der Waals surface area contributed by atoms with E-state index in [1.807, 2.05) is 36.4 Å². The maximum Gasteiger partial charge on any atom is 0.234 e. The lowest BCUT2D eigenvalue weighted by atomic mass is 10.1. The number of benzene rings is 2. The lowest BCUT2D eigenvalue weighted by Crippen LogP contribution is -2.14. The summed E-state index contributed by atoms with van der Waals surface area (Å²) < 4.78 is 5.34. The van der Waals surface area contributed by atoms with Crippen LogP contribution in [0.2, 0.25) is 5.02 Å². The van der Waals surface area contributed by atoms with Crippen LogP contribution in [0.1, 0.15) is 0 Å². The third kappa shape index (κ3) is 4.74. The lowest BCUT2D eigenvalue weighted by molar-refractivity contribution is -0.113. The first-order chi connectivity index (χ1) is 12.7. The molecule has 1 amide bonds. The number of halogens is 1. The van der Waals surface area contributed by atoms with E-state index in [-0.39, 0.29) is 11.7 Å². The van der Waals surface area contributed by atoms with Crippen LogP contribution >= 0.6 is 23.4 Å². The molecule has 2 aromatic carbocycles. The fourth-order valence-electron chi connectivity index (χ4n) is 2.27. The number of para-hydroxylation sites is 1. The highest BCUT2D eigenvalue weighted by Gasteiger charge is 2.09. The van der Waals surface area contributed by atoms with E-state index in [2.05, 4.69) is 15.5 Å². The fraction of sp³-hybridized carbons (Fsp3) is 0.105. The zero-order chi connectivity index (χ0) is 18.4. The van der Waals surface area contributed by atoms with Crippen LogP contribution in [0.4, 0.5) is 5.69 Å². The molecule has 1 aromatic heterocycles. The van der Waals surface area contributed by atoms with Crippen LogP contribution in [-0.2, 0) is 4.79 Å². The minimum atomic E-state index is -0.118. The quantitative estimate of drug-likeness (QED) is 0.631. The molecule has 0 saturated carbocycles. The molecule has 0 fully saturated rings. The highest BCUT2D eigenvalue weighted by atomic mass is 35.5. The number of thioether (sulfide) groups is 1. The van der Waals surface area contributed by atoms with Gasteiger partial charge in [-0.1, -0.05) is 35.5 Å². The number of nitrogens with zero attached hydrogens (tertiary/aromatic N) is 2. The summed E-state index contributed by atoms with van der Waals surface area (Å²) in [6.45, 7) is 0. The van der Waals surface area contributed by atoms with Gasteiger partial charge in [0.05, 0.1) is 18.6 Å². The number of carbonyl (C=O) groups excluding carboxylic acids is 1. The summed E-state index contributed by atoms with van der Waals surface area (Å²) in [5.74, 6) is 0.864. The average molecular weight is 386 g/mol. The van der Waals surface area contributed by atoms with Gasteiger partial charge in [0.1, 0.15) is 10.8 Å². The SMILES string of the molecule is COc1ccccc1-c1ccc(SCC(=O)Nc2ccc(Cl)cc2)nn1. The summed E-state index contributed by atoms with van der Waals surface area (Å²) in [4.78, 5) is 12.0. The van der Waals surface area contributed by atoms with Gasteiger partial charge in [0.2, 0.25) is 5.91 Å². The van der Waals surface area contributed by atoms with E-state index >= 15 is 0 Å². The van der Waals surface area contributed by atoms with Crippen LogP contribution in [0.3, 0.4) is 0 Å². The van der Waals surface area contributed by atoms with Gasteiger partial charge in [0.15, 0.2) is 0 Å². The molecule has 3 rings (SSSR count). The zero-order valence-electron chi connectivity index (χ0n) is 14.0. The van der Waals surface area contributed by atoms with Crippen LogP contribution in [0.15, 0.2) is 65.7 Å². The second kappa shape index (κ2) is 8.69. The normalized spacial score (nSPS) is 10.4. The first-order valence-electron chi connectivity index (χ1n) is 7.81. The van der Waals surface area contributed by atoms with Crippen molar-refractivity contribution in [3.8, 4) is 17.0 Å². The van der Waals surface area contributed by atoms with E-state index in [0.717, 1.165) is 17.0 Å². The molecule has 0 radical (unpaired) electrons. The number of ether oxygens (including phenoxy) is 1. The van der Waals surface area contributed by atoms with E-state index in [9.17, 15) is 4.79 Å². The Morgan fingerprint density at radius 1 is 1.08 bits per heavy atom. The standard InChI is InChI=1S/C19H16ClN3O2S/c1-25-17-5-3-2-4-15(17)16-10-11-19(23-22-16)26-12-18(24)21-14-8-6-13(20)7-9-14/h2-11H,12H2,1H3,(H,21,24). The molecule has 0 aliphatic rings. The molecule has 0 unspecified atom stereocenters. The molecular formula is C19H16ClN3O2S. The molecule has 26 heavy (non-hydrogen) atoms. The second-order valence-corrected chi connectivity index (χ2v) is 6.73. The summed E-state index contributed by atoms with van der Waals surface area (Å²) in [5.41, 5.74) is 2.30. The average Bonchev–Trinajstić information content (AvgIpc) is 2.68. The van der Waals surface area contributed by atoms with Gasteiger partial charge in [-0.25, -0.2) is 0 Å². The van der Waals surface area contributed by atoms with Gasteiger partial charge in [-0.2, -0.15) is 0 Å². The Morgan fingerprint density at radius 3 is 2.54 bits per heavy atom. The molecule has 5 nitrogen and oxygen atoms in total. The number of hydrogen-bond acceptors (Lipinski definition) is 5. The largest absolute Gasteiger partial charge is 0.496 e. The number of methoxy groups -OCH3 is 1. The highest BCUT2D eigenvalue weighted by Crippen LogP contribution is 2.28. The van der Waals surface area contributed by atoms with Crippen molar-refractivity contribution in [1.82, 2.24) is 10.2 Å². The Bertz CT molecular complexity index is 886. The highest BCUT2D eigenvalue weighted by molar-refractivity contribution is 7.99. The maximum absolute atomic E-state index is 12.0. The number of aromatic nitrogens is 2. The van der Waals surface area contributed by atoms with Crippen LogP contribution < -0.4 is 10.1 Å². The van der Waals surface area contributed by atoms with Crippen molar-refractivity contribution in [2.24, 2.45) is 0 Å². The number of hydrogen-bond donors (Lipinski definition) is 1. The molecule has 0 saturated heterocycles. The first-order valence-corrected chi connectivity index (χ1v) is 9.17. The van der Waals surface area contributed by atoms with Gasteiger partial charge in [-0.15, -0.1) is 10.2 Å². The minimum Gasteiger partial charge on any atom is -0.496 e. The Labute approximate surface area is 160 Å². The van der Waals surface area contributed by atoms with Crippen LogP contribution in [0, 0.1) is 0 Å². The van der Waals surface area contributed by atoms with E-state index in [1.54, 1.807) is 31.4 Å². The van der Waals surface area contributed by atoms with E-state index in [1.165, 1.54) is 11.8 Å². The van der Waals surface area contributed by atoms with Gasteiger partial charge in [-0.05, 0) is 48.5 Å². The van der Waals surface area contributed by atoms with Crippen molar-refractivity contribution in [3.63, 3.8) is 0 Å². The number of amides is 1. The molecule has 0 aliphatic carbocycles. The van der Waals surface area contributed by atoms with Crippen molar-refractivity contribution in [3.05, 3.63) is 65.7 Å². The Kier molecular flexibility index (Phi) is 6.09. The number of anilines is 1. The van der Waals surface area contributed by atoms with Crippen LogP contribution in [-0.4, -0.2) is 29.0 Å².